The van der Waals surface area contributed by atoms with Crippen molar-refractivity contribution in [1.82, 2.24) is 10.2 Å². The van der Waals surface area contributed by atoms with Gasteiger partial charge in [0.25, 0.3) is 0 Å². The van der Waals surface area contributed by atoms with E-state index in [4.69, 9.17) is 0 Å². The second-order valence-corrected chi connectivity index (χ2v) is 6.35. The molecule has 0 aromatic heterocycles. The van der Waals surface area contributed by atoms with Crippen LogP contribution in [0.3, 0.4) is 0 Å². The summed E-state index contributed by atoms with van der Waals surface area (Å²) in [6, 6.07) is 9.16. The molecule has 3 heteroatoms. The molecule has 1 aliphatic heterocycles. The standard InChI is InChI=1S/C16H25BrN2/c1-18-16(14-6-8-15(17)9-7-14)10-13-19-11-4-2-3-5-12-19/h6-9,16,18H,2-5,10-13H2,1H3. The lowest BCUT2D eigenvalue weighted by Gasteiger charge is -2.23. The van der Waals surface area contributed by atoms with Gasteiger partial charge in [0.1, 0.15) is 0 Å². The van der Waals surface area contributed by atoms with Crippen LogP contribution in [0.1, 0.15) is 43.7 Å². The van der Waals surface area contributed by atoms with Gasteiger partial charge in [-0.2, -0.15) is 0 Å². The van der Waals surface area contributed by atoms with Crippen molar-refractivity contribution in [3.8, 4) is 0 Å². The summed E-state index contributed by atoms with van der Waals surface area (Å²) in [5, 5.41) is 3.45. The molecule has 2 rings (SSSR count). The van der Waals surface area contributed by atoms with Gasteiger partial charge in [-0.25, -0.2) is 0 Å². The molecular formula is C16H25BrN2. The van der Waals surface area contributed by atoms with Crippen molar-refractivity contribution in [2.45, 2.75) is 38.1 Å². The molecule has 1 aromatic carbocycles. The zero-order chi connectivity index (χ0) is 13.5. The Labute approximate surface area is 125 Å². The Bertz CT molecular complexity index is 356. The maximum atomic E-state index is 3.50. The van der Waals surface area contributed by atoms with E-state index in [0.29, 0.717) is 6.04 Å². The molecule has 1 N–H and O–H groups in total. The van der Waals surface area contributed by atoms with Crippen LogP contribution in [-0.4, -0.2) is 31.6 Å². The number of nitrogens with one attached hydrogen (secondary N) is 1. The first-order chi connectivity index (χ1) is 9.29. The van der Waals surface area contributed by atoms with Crippen molar-refractivity contribution >= 4 is 15.9 Å². The highest BCUT2D eigenvalue weighted by atomic mass is 79.9. The molecular weight excluding hydrogens is 300 g/mol. The van der Waals surface area contributed by atoms with Gasteiger partial charge in [0.2, 0.25) is 0 Å². The van der Waals surface area contributed by atoms with Gasteiger partial charge < -0.3 is 10.2 Å². The Kier molecular flexibility index (Phi) is 6.35. The van der Waals surface area contributed by atoms with Crippen molar-refractivity contribution < 1.29 is 0 Å². The minimum absolute atomic E-state index is 0.469. The second-order valence-electron chi connectivity index (χ2n) is 5.44. The molecule has 0 radical (unpaired) electrons. The molecule has 1 unspecified atom stereocenters. The molecule has 0 bridgehead atoms. The lowest BCUT2D eigenvalue weighted by Crippen LogP contribution is -2.29. The normalized spacial score (nSPS) is 19.1. The van der Waals surface area contributed by atoms with Gasteiger partial charge >= 0.3 is 0 Å². The highest BCUT2D eigenvalue weighted by Crippen LogP contribution is 2.20. The molecule has 1 fully saturated rings. The lowest BCUT2D eigenvalue weighted by atomic mass is 10.0. The Morgan fingerprint density at radius 2 is 1.74 bits per heavy atom. The molecule has 1 heterocycles. The SMILES string of the molecule is CNC(CCN1CCCCCC1)c1ccc(Br)cc1. The number of benzene rings is 1. The number of hydrogen-bond acceptors (Lipinski definition) is 2. The highest BCUT2D eigenvalue weighted by molar-refractivity contribution is 9.10. The molecule has 106 valence electrons. The fourth-order valence-corrected chi connectivity index (χ4v) is 3.11. The molecule has 0 amide bonds. The quantitative estimate of drug-likeness (QED) is 0.881. The van der Waals surface area contributed by atoms with E-state index >= 15 is 0 Å². The van der Waals surface area contributed by atoms with Gasteiger partial charge in [0, 0.05) is 10.5 Å². The van der Waals surface area contributed by atoms with Crippen molar-refractivity contribution in [2.75, 3.05) is 26.7 Å². The summed E-state index contributed by atoms with van der Waals surface area (Å²) in [6.45, 7) is 3.79. The maximum absolute atomic E-state index is 3.50. The minimum Gasteiger partial charge on any atom is -0.313 e. The monoisotopic (exact) mass is 324 g/mol. The topological polar surface area (TPSA) is 15.3 Å². The molecule has 2 nitrogen and oxygen atoms in total. The molecule has 19 heavy (non-hydrogen) atoms. The summed E-state index contributed by atoms with van der Waals surface area (Å²) in [7, 11) is 2.06. The Balaban J connectivity index is 1.86. The van der Waals surface area contributed by atoms with Crippen LogP contribution < -0.4 is 5.32 Å². The minimum atomic E-state index is 0.469. The first-order valence-corrected chi connectivity index (χ1v) is 8.24. The van der Waals surface area contributed by atoms with Crippen LogP contribution in [0.25, 0.3) is 0 Å². The van der Waals surface area contributed by atoms with Crippen LogP contribution in [0.2, 0.25) is 0 Å². The average molecular weight is 325 g/mol. The van der Waals surface area contributed by atoms with Crippen molar-refractivity contribution in [1.29, 1.82) is 0 Å². The largest absolute Gasteiger partial charge is 0.313 e. The number of likely N-dealkylation sites (tertiary alicyclic amines) is 1. The summed E-state index contributed by atoms with van der Waals surface area (Å²) < 4.78 is 1.15. The van der Waals surface area contributed by atoms with Gasteiger partial charge in [0.15, 0.2) is 0 Å². The molecule has 1 aliphatic rings. The van der Waals surface area contributed by atoms with Crippen LogP contribution in [-0.2, 0) is 0 Å². The second kappa shape index (κ2) is 8.03. The van der Waals surface area contributed by atoms with Crippen LogP contribution >= 0.6 is 15.9 Å². The zero-order valence-electron chi connectivity index (χ0n) is 11.9. The van der Waals surface area contributed by atoms with E-state index in [1.54, 1.807) is 0 Å². The van der Waals surface area contributed by atoms with Gasteiger partial charge in [-0.3, -0.25) is 0 Å². The van der Waals surface area contributed by atoms with Gasteiger partial charge in [-0.05, 0) is 63.6 Å². The van der Waals surface area contributed by atoms with Crippen LogP contribution in [0.5, 0.6) is 0 Å². The van der Waals surface area contributed by atoms with E-state index in [1.807, 2.05) is 0 Å². The van der Waals surface area contributed by atoms with E-state index in [-0.39, 0.29) is 0 Å². The number of hydrogen-bond donors (Lipinski definition) is 1. The van der Waals surface area contributed by atoms with Gasteiger partial charge in [-0.15, -0.1) is 0 Å². The van der Waals surface area contributed by atoms with Crippen molar-refractivity contribution in [2.24, 2.45) is 0 Å². The summed E-state index contributed by atoms with van der Waals surface area (Å²) in [5.74, 6) is 0. The van der Waals surface area contributed by atoms with Crippen LogP contribution in [0.4, 0.5) is 0 Å². The Hall–Kier alpha value is -0.380. The highest BCUT2D eigenvalue weighted by Gasteiger charge is 2.13. The predicted octanol–water partition coefficient (Wildman–Crippen LogP) is 3.98. The fourth-order valence-electron chi connectivity index (χ4n) is 2.84. The third-order valence-corrected chi connectivity index (χ3v) is 4.58. The van der Waals surface area contributed by atoms with Gasteiger partial charge in [0.05, 0.1) is 0 Å². The first kappa shape index (κ1) is 15.0. The number of halogens is 1. The summed E-state index contributed by atoms with van der Waals surface area (Å²) >= 11 is 3.50. The van der Waals surface area contributed by atoms with Gasteiger partial charge in [-0.1, -0.05) is 40.9 Å². The fraction of sp³-hybridized carbons (Fsp3) is 0.625. The molecule has 1 saturated heterocycles. The van der Waals surface area contributed by atoms with E-state index in [0.717, 1.165) is 4.47 Å². The third-order valence-electron chi connectivity index (χ3n) is 4.05. The van der Waals surface area contributed by atoms with E-state index in [1.165, 1.54) is 57.3 Å². The van der Waals surface area contributed by atoms with E-state index in [2.05, 4.69) is 57.5 Å². The third kappa shape index (κ3) is 4.90. The van der Waals surface area contributed by atoms with Crippen molar-refractivity contribution in [3.63, 3.8) is 0 Å². The molecule has 0 saturated carbocycles. The zero-order valence-corrected chi connectivity index (χ0v) is 13.5. The summed E-state index contributed by atoms with van der Waals surface area (Å²) in [5.41, 5.74) is 1.39. The molecule has 0 spiro atoms. The Morgan fingerprint density at radius 3 is 2.32 bits per heavy atom. The maximum Gasteiger partial charge on any atom is 0.0329 e. The number of nitrogens with zero attached hydrogens (tertiary/aromatic N) is 1. The van der Waals surface area contributed by atoms with Crippen molar-refractivity contribution in [3.05, 3.63) is 34.3 Å². The van der Waals surface area contributed by atoms with E-state index in [9.17, 15) is 0 Å². The average Bonchev–Trinajstić information content (AvgIpc) is 2.70. The molecule has 1 aromatic rings. The van der Waals surface area contributed by atoms with Crippen LogP contribution in [0, 0.1) is 0 Å². The number of rotatable bonds is 5. The van der Waals surface area contributed by atoms with E-state index < -0.39 is 0 Å². The molecule has 1 atom stereocenters. The Morgan fingerprint density at radius 1 is 1.11 bits per heavy atom. The predicted molar refractivity (Wildman–Crippen MR) is 85.5 cm³/mol. The lowest BCUT2D eigenvalue weighted by molar-refractivity contribution is 0.268. The first-order valence-electron chi connectivity index (χ1n) is 7.44. The molecule has 0 aliphatic carbocycles. The van der Waals surface area contributed by atoms with Crippen LogP contribution in [0.15, 0.2) is 28.7 Å². The summed E-state index contributed by atoms with van der Waals surface area (Å²) in [4.78, 5) is 2.64. The smallest absolute Gasteiger partial charge is 0.0329 e. The summed E-state index contributed by atoms with van der Waals surface area (Å²) in [6.07, 6.45) is 6.78.